The van der Waals surface area contributed by atoms with Crippen LogP contribution in [0.15, 0.2) is 0 Å². The first-order valence-electron chi connectivity index (χ1n) is 2.50. The number of rotatable bonds is 3. The largest absolute Gasteiger partial charge is 0.356 e. The molecule has 0 aliphatic carbocycles. The van der Waals surface area contributed by atoms with Gasteiger partial charge in [0.1, 0.15) is 6.42 Å². The Morgan fingerprint density at radius 3 is 2.89 bits per heavy atom. The Morgan fingerprint density at radius 1 is 1.78 bits per heavy atom. The second-order valence-corrected chi connectivity index (χ2v) is 1.20. The zero-order valence-corrected chi connectivity index (χ0v) is 5.09. The lowest BCUT2D eigenvalue weighted by atomic mass is 10.5. The molecule has 0 fully saturated rings. The topological polar surface area (TPSA) is 59.3 Å². The molecule has 0 amide bonds. The van der Waals surface area contributed by atoms with Crippen molar-refractivity contribution in [1.82, 2.24) is 0 Å². The van der Waals surface area contributed by atoms with Crippen LogP contribution in [-0.2, 0) is 14.6 Å². The summed E-state index contributed by atoms with van der Waals surface area (Å²) in [5.41, 5.74) is 0. The number of hydrogen-bond acceptors (Lipinski definition) is 4. The molecule has 0 aliphatic rings. The van der Waals surface area contributed by atoms with Crippen molar-refractivity contribution in [2.45, 2.75) is 13.3 Å². The molecule has 0 N–H and O–H groups in total. The number of carbonyl (C=O) groups is 1. The van der Waals surface area contributed by atoms with Crippen molar-refractivity contribution in [3.63, 3.8) is 0 Å². The molecule has 0 saturated heterocycles. The second kappa shape index (κ2) is 5.06. The van der Waals surface area contributed by atoms with Crippen molar-refractivity contribution in [2.24, 2.45) is 0 Å². The second-order valence-electron chi connectivity index (χ2n) is 1.20. The molecule has 0 saturated carbocycles. The van der Waals surface area contributed by atoms with Crippen LogP contribution in [0.5, 0.6) is 0 Å². The summed E-state index contributed by atoms with van der Waals surface area (Å²) < 4.78 is 0. The van der Waals surface area contributed by atoms with E-state index in [1.165, 1.54) is 0 Å². The summed E-state index contributed by atoms with van der Waals surface area (Å²) in [6.45, 7) is 1.98. The van der Waals surface area contributed by atoms with Crippen LogP contribution in [0.25, 0.3) is 0 Å². The van der Waals surface area contributed by atoms with Gasteiger partial charge >= 0.3 is 5.97 Å². The van der Waals surface area contributed by atoms with E-state index in [0.29, 0.717) is 6.61 Å². The van der Waals surface area contributed by atoms with Crippen LogP contribution in [0.1, 0.15) is 13.3 Å². The highest BCUT2D eigenvalue weighted by Crippen LogP contribution is 1.84. The molecule has 0 radical (unpaired) electrons. The summed E-state index contributed by atoms with van der Waals surface area (Å²) >= 11 is 0. The van der Waals surface area contributed by atoms with E-state index >= 15 is 0 Å². The maximum absolute atomic E-state index is 10.2. The van der Waals surface area contributed by atoms with E-state index in [1.54, 1.807) is 13.0 Å². The summed E-state index contributed by atoms with van der Waals surface area (Å²) in [6, 6.07) is 1.62. The van der Waals surface area contributed by atoms with Gasteiger partial charge in [0.2, 0.25) is 0 Å². The number of carbonyl (C=O) groups excluding carboxylic acids is 1. The average molecular weight is 129 g/mol. The standard InChI is InChI=1S/C5H7NO3/c1-2-8-9-5(7)3-4-6/h2-3H2,1H3. The highest BCUT2D eigenvalue weighted by molar-refractivity contribution is 5.71. The highest BCUT2D eigenvalue weighted by atomic mass is 17.2. The molecule has 4 heteroatoms. The fraction of sp³-hybridized carbons (Fsp3) is 0.600. The first-order valence-corrected chi connectivity index (χ1v) is 2.50. The van der Waals surface area contributed by atoms with Gasteiger partial charge in [0.25, 0.3) is 0 Å². The van der Waals surface area contributed by atoms with E-state index in [-0.39, 0.29) is 6.42 Å². The minimum atomic E-state index is -0.653. The Bertz CT molecular complexity index is 127. The lowest BCUT2D eigenvalue weighted by Crippen LogP contribution is -2.03. The van der Waals surface area contributed by atoms with Gasteiger partial charge < -0.3 is 0 Å². The predicted molar refractivity (Wildman–Crippen MR) is 27.9 cm³/mol. The summed E-state index contributed by atoms with van der Waals surface area (Å²) in [7, 11) is 0. The Labute approximate surface area is 52.9 Å². The van der Waals surface area contributed by atoms with Crippen LogP contribution in [-0.4, -0.2) is 12.6 Å². The summed E-state index contributed by atoms with van der Waals surface area (Å²) in [6.07, 6.45) is -0.264. The van der Waals surface area contributed by atoms with Crippen molar-refractivity contribution in [1.29, 1.82) is 5.26 Å². The van der Waals surface area contributed by atoms with Crippen LogP contribution >= 0.6 is 0 Å². The molecule has 9 heavy (non-hydrogen) atoms. The predicted octanol–water partition coefficient (Wildman–Crippen LogP) is 0.395. The molecule has 0 spiro atoms. The van der Waals surface area contributed by atoms with Crippen molar-refractivity contribution in [3.05, 3.63) is 0 Å². The zero-order valence-electron chi connectivity index (χ0n) is 5.09. The molecule has 4 nitrogen and oxygen atoms in total. The number of hydrogen-bond donors (Lipinski definition) is 0. The molecule has 50 valence electrons. The zero-order chi connectivity index (χ0) is 7.11. The Morgan fingerprint density at radius 2 is 2.44 bits per heavy atom. The van der Waals surface area contributed by atoms with Gasteiger partial charge in [-0.1, -0.05) is 0 Å². The molecular weight excluding hydrogens is 122 g/mol. The highest BCUT2D eigenvalue weighted by Gasteiger charge is 1.99. The fourth-order valence-corrected chi connectivity index (χ4v) is 0.219. The quantitative estimate of drug-likeness (QED) is 0.408. The third-order valence-corrected chi connectivity index (χ3v) is 0.493. The molecule has 0 rings (SSSR count). The Balaban J connectivity index is 3.19. The lowest BCUT2D eigenvalue weighted by molar-refractivity contribution is -0.268. The number of nitriles is 1. The van der Waals surface area contributed by atoms with E-state index in [1.807, 2.05) is 0 Å². The monoisotopic (exact) mass is 129 g/mol. The number of nitrogens with zero attached hydrogens (tertiary/aromatic N) is 1. The van der Waals surface area contributed by atoms with Crippen LogP contribution < -0.4 is 0 Å². The third kappa shape index (κ3) is 4.78. The normalized spacial score (nSPS) is 8.00. The molecule has 0 atom stereocenters. The van der Waals surface area contributed by atoms with Crippen molar-refractivity contribution >= 4 is 5.97 Å². The van der Waals surface area contributed by atoms with Crippen LogP contribution in [0.3, 0.4) is 0 Å². The van der Waals surface area contributed by atoms with Crippen molar-refractivity contribution in [2.75, 3.05) is 6.61 Å². The van der Waals surface area contributed by atoms with Gasteiger partial charge in [-0.05, 0) is 6.92 Å². The van der Waals surface area contributed by atoms with Gasteiger partial charge in [-0.3, -0.25) is 4.89 Å². The van der Waals surface area contributed by atoms with Gasteiger partial charge in [0, 0.05) is 0 Å². The molecule has 0 aromatic carbocycles. The maximum atomic E-state index is 10.2. The van der Waals surface area contributed by atoms with E-state index in [4.69, 9.17) is 5.26 Å². The average Bonchev–Trinajstić information content (AvgIpc) is 1.85. The fourth-order valence-electron chi connectivity index (χ4n) is 0.219. The molecule has 0 aromatic rings. The van der Waals surface area contributed by atoms with E-state index in [0.717, 1.165) is 0 Å². The minimum Gasteiger partial charge on any atom is -0.297 e. The lowest BCUT2D eigenvalue weighted by Gasteiger charge is -1.94. The SMILES string of the molecule is CCOOC(=O)CC#N. The van der Waals surface area contributed by atoms with Crippen LogP contribution in [0.2, 0.25) is 0 Å². The first kappa shape index (κ1) is 7.92. The summed E-state index contributed by atoms with van der Waals surface area (Å²) in [5, 5.41) is 7.93. The van der Waals surface area contributed by atoms with Crippen molar-refractivity contribution in [3.8, 4) is 6.07 Å². The Kier molecular flexibility index (Phi) is 4.46. The van der Waals surface area contributed by atoms with Gasteiger partial charge in [0.05, 0.1) is 12.7 Å². The molecule has 0 heterocycles. The summed E-state index contributed by atoms with van der Waals surface area (Å²) in [4.78, 5) is 18.5. The maximum Gasteiger partial charge on any atom is 0.356 e. The van der Waals surface area contributed by atoms with Gasteiger partial charge in [-0.25, -0.2) is 4.79 Å². The van der Waals surface area contributed by atoms with Crippen molar-refractivity contribution < 1.29 is 14.6 Å². The molecule has 0 aromatic heterocycles. The third-order valence-electron chi connectivity index (χ3n) is 0.493. The van der Waals surface area contributed by atoms with Gasteiger partial charge in [0.15, 0.2) is 0 Å². The van der Waals surface area contributed by atoms with Crippen LogP contribution in [0.4, 0.5) is 0 Å². The van der Waals surface area contributed by atoms with Crippen LogP contribution in [0, 0.1) is 11.3 Å². The molecular formula is C5H7NO3. The van der Waals surface area contributed by atoms with E-state index in [9.17, 15) is 4.79 Å². The Hall–Kier alpha value is -1.08. The van der Waals surface area contributed by atoms with Gasteiger partial charge in [-0.2, -0.15) is 10.1 Å². The first-order chi connectivity index (χ1) is 4.31. The minimum absolute atomic E-state index is 0.264. The molecule has 0 bridgehead atoms. The molecule has 0 unspecified atom stereocenters. The van der Waals surface area contributed by atoms with Gasteiger partial charge in [-0.15, -0.1) is 0 Å². The summed E-state index contributed by atoms with van der Waals surface area (Å²) in [5.74, 6) is -0.653. The van der Waals surface area contributed by atoms with E-state index < -0.39 is 5.97 Å². The smallest absolute Gasteiger partial charge is 0.297 e. The molecule has 0 aliphatic heterocycles. The van der Waals surface area contributed by atoms with E-state index in [2.05, 4.69) is 9.78 Å².